The van der Waals surface area contributed by atoms with Crippen LogP contribution < -0.4 is 10.6 Å². The van der Waals surface area contributed by atoms with E-state index in [0.717, 1.165) is 25.0 Å². The van der Waals surface area contributed by atoms with Crippen LogP contribution in [-0.2, 0) is 20.8 Å². The van der Waals surface area contributed by atoms with Gasteiger partial charge in [0, 0.05) is 44.1 Å². The molecule has 0 radical (unpaired) electrons. The molecule has 0 aromatic heterocycles. The van der Waals surface area contributed by atoms with Crippen molar-refractivity contribution in [2.45, 2.75) is 65.1 Å². The molecule has 2 N–H and O–H groups in total. The van der Waals surface area contributed by atoms with Crippen LogP contribution in [0.2, 0.25) is 0 Å². The molecule has 216 valence electrons. The minimum absolute atomic E-state index is 0.0718. The van der Waals surface area contributed by atoms with Crippen LogP contribution in [0.25, 0.3) is 0 Å². The molecule has 40 heavy (non-hydrogen) atoms. The summed E-state index contributed by atoms with van der Waals surface area (Å²) < 4.78 is 0. The van der Waals surface area contributed by atoms with E-state index in [2.05, 4.69) is 33.7 Å². The monoisotopic (exact) mass is 547 g/mol. The lowest BCUT2D eigenvalue weighted by atomic mass is 9.85. The number of likely N-dealkylation sites (tertiary alicyclic amines) is 1. The second kappa shape index (κ2) is 12.9. The molecular weight excluding hydrogens is 502 g/mol. The minimum Gasteiger partial charge on any atom is -0.347 e. The van der Waals surface area contributed by atoms with E-state index in [9.17, 15) is 14.4 Å². The number of carbonyl (C=O) groups is 3. The number of nitrogens with zero attached hydrogens (tertiary/aromatic N) is 3. The van der Waals surface area contributed by atoms with Gasteiger partial charge in [-0.2, -0.15) is 0 Å². The van der Waals surface area contributed by atoms with Crippen molar-refractivity contribution in [1.29, 1.82) is 0 Å². The van der Waals surface area contributed by atoms with Gasteiger partial charge in [0.25, 0.3) is 0 Å². The highest BCUT2D eigenvalue weighted by molar-refractivity contribution is 5.90. The van der Waals surface area contributed by atoms with Crippen molar-refractivity contribution in [1.82, 2.24) is 25.3 Å². The van der Waals surface area contributed by atoms with Crippen molar-refractivity contribution in [2.75, 3.05) is 33.2 Å². The Labute approximate surface area is 239 Å². The standard InChI is InChI=1S/C32H45N5O3/c1-23(33-5)29(38)34-28(32(2,3)4)31(40)37-18-11-15-27(37)22-36(19-16-24-12-7-6-8-13-24)30(39)25-20-26-14-9-10-17-35(26)21-25/h6-10,12-14,17,20,23,25,27-28,33H,11,15-16,18-19,21-22H2,1-5H3,(H,34,38)/t23-,25?,27-,28+/m0/s1. The van der Waals surface area contributed by atoms with E-state index in [1.807, 2.05) is 73.2 Å². The molecule has 3 aliphatic heterocycles. The lowest BCUT2D eigenvalue weighted by Gasteiger charge is -2.38. The van der Waals surface area contributed by atoms with Crippen LogP contribution in [0.5, 0.6) is 0 Å². The normalized spacial score (nSPS) is 21.6. The van der Waals surface area contributed by atoms with Crippen LogP contribution in [0, 0.1) is 11.3 Å². The minimum atomic E-state index is -0.654. The van der Waals surface area contributed by atoms with Gasteiger partial charge in [-0.05, 0) is 62.4 Å². The molecule has 8 nitrogen and oxygen atoms in total. The lowest BCUT2D eigenvalue weighted by molar-refractivity contribution is -0.142. The zero-order chi connectivity index (χ0) is 28.9. The molecule has 1 unspecified atom stereocenters. The molecule has 4 atom stereocenters. The first-order valence-electron chi connectivity index (χ1n) is 14.5. The fourth-order valence-corrected chi connectivity index (χ4v) is 5.64. The molecule has 8 heteroatoms. The zero-order valence-electron chi connectivity index (χ0n) is 24.6. The van der Waals surface area contributed by atoms with Crippen LogP contribution in [-0.4, -0.2) is 83.8 Å². The Morgan fingerprint density at radius 2 is 1.88 bits per heavy atom. The largest absolute Gasteiger partial charge is 0.347 e. The van der Waals surface area contributed by atoms with Gasteiger partial charge in [-0.3, -0.25) is 14.4 Å². The molecule has 1 aromatic rings. The molecule has 1 saturated heterocycles. The Kier molecular flexibility index (Phi) is 9.51. The first-order valence-corrected chi connectivity index (χ1v) is 14.5. The number of hydrogen-bond donors (Lipinski definition) is 2. The summed E-state index contributed by atoms with van der Waals surface area (Å²) in [5.74, 6) is -0.395. The average Bonchev–Trinajstić information content (AvgIpc) is 3.59. The third-order valence-corrected chi connectivity index (χ3v) is 8.20. The molecule has 3 heterocycles. The van der Waals surface area contributed by atoms with E-state index >= 15 is 0 Å². The Balaban J connectivity index is 1.52. The summed E-state index contributed by atoms with van der Waals surface area (Å²) in [5, 5.41) is 5.95. The van der Waals surface area contributed by atoms with Gasteiger partial charge < -0.3 is 25.3 Å². The molecular formula is C32H45N5O3. The van der Waals surface area contributed by atoms with E-state index in [1.165, 1.54) is 5.56 Å². The average molecular weight is 548 g/mol. The highest BCUT2D eigenvalue weighted by atomic mass is 16.2. The van der Waals surface area contributed by atoms with Gasteiger partial charge in [-0.25, -0.2) is 0 Å². The molecule has 1 aromatic carbocycles. The van der Waals surface area contributed by atoms with Gasteiger partial charge in [-0.1, -0.05) is 57.2 Å². The number of carbonyl (C=O) groups excluding carboxylic acids is 3. The summed E-state index contributed by atoms with van der Waals surface area (Å²) in [5.41, 5.74) is 1.78. The zero-order valence-corrected chi connectivity index (χ0v) is 24.6. The van der Waals surface area contributed by atoms with Crippen LogP contribution in [0.1, 0.15) is 46.1 Å². The number of hydrogen-bond acceptors (Lipinski definition) is 5. The van der Waals surface area contributed by atoms with Crippen molar-refractivity contribution in [2.24, 2.45) is 11.3 Å². The van der Waals surface area contributed by atoms with Gasteiger partial charge in [0.2, 0.25) is 17.7 Å². The van der Waals surface area contributed by atoms with Crippen LogP contribution >= 0.6 is 0 Å². The number of fused-ring (bicyclic) bond motifs is 1. The van der Waals surface area contributed by atoms with E-state index in [4.69, 9.17) is 0 Å². The lowest BCUT2D eigenvalue weighted by Crippen LogP contribution is -2.59. The van der Waals surface area contributed by atoms with Crippen molar-refractivity contribution < 1.29 is 14.4 Å². The van der Waals surface area contributed by atoms with E-state index in [-0.39, 0.29) is 29.7 Å². The van der Waals surface area contributed by atoms with Gasteiger partial charge >= 0.3 is 0 Å². The Morgan fingerprint density at radius 3 is 2.55 bits per heavy atom. The molecule has 0 bridgehead atoms. The fraction of sp³-hybridized carbons (Fsp3) is 0.531. The number of likely N-dealkylation sites (N-methyl/N-ethyl adjacent to an activating group) is 1. The van der Waals surface area contributed by atoms with E-state index in [0.29, 0.717) is 26.2 Å². The Bertz CT molecular complexity index is 1150. The van der Waals surface area contributed by atoms with Gasteiger partial charge in [0.15, 0.2) is 0 Å². The predicted molar refractivity (Wildman–Crippen MR) is 158 cm³/mol. The second-order valence-corrected chi connectivity index (χ2v) is 12.2. The summed E-state index contributed by atoms with van der Waals surface area (Å²) in [4.78, 5) is 46.7. The van der Waals surface area contributed by atoms with Crippen molar-refractivity contribution in [3.8, 4) is 0 Å². The summed E-state index contributed by atoms with van der Waals surface area (Å²) in [6, 6.07) is 9.07. The van der Waals surface area contributed by atoms with Gasteiger partial charge in [0.1, 0.15) is 6.04 Å². The topological polar surface area (TPSA) is 85.0 Å². The summed E-state index contributed by atoms with van der Waals surface area (Å²) >= 11 is 0. The van der Waals surface area contributed by atoms with Gasteiger partial charge in [0.05, 0.1) is 12.0 Å². The Hall–Kier alpha value is -3.39. The Morgan fingerprint density at radius 1 is 1.12 bits per heavy atom. The highest BCUT2D eigenvalue weighted by Crippen LogP contribution is 2.29. The van der Waals surface area contributed by atoms with Crippen LogP contribution in [0.3, 0.4) is 0 Å². The molecule has 0 spiro atoms. The maximum atomic E-state index is 14.0. The smallest absolute Gasteiger partial charge is 0.246 e. The third kappa shape index (κ3) is 7.02. The van der Waals surface area contributed by atoms with Crippen LogP contribution in [0.4, 0.5) is 0 Å². The summed E-state index contributed by atoms with van der Waals surface area (Å²) in [7, 11) is 1.73. The number of amides is 3. The number of nitrogens with one attached hydrogen (secondary N) is 2. The molecule has 3 aliphatic rings. The van der Waals surface area contributed by atoms with E-state index < -0.39 is 17.5 Å². The first kappa shape index (κ1) is 29.6. The second-order valence-electron chi connectivity index (χ2n) is 12.2. The van der Waals surface area contributed by atoms with E-state index in [1.54, 1.807) is 14.0 Å². The molecule has 4 rings (SSSR count). The van der Waals surface area contributed by atoms with Crippen LogP contribution in [0.15, 0.2) is 66.5 Å². The number of rotatable bonds is 10. The van der Waals surface area contributed by atoms with Crippen molar-refractivity contribution in [3.05, 3.63) is 72.1 Å². The van der Waals surface area contributed by atoms with Crippen molar-refractivity contribution >= 4 is 17.7 Å². The fourth-order valence-electron chi connectivity index (χ4n) is 5.64. The highest BCUT2D eigenvalue weighted by Gasteiger charge is 2.41. The number of allylic oxidation sites excluding steroid dienone is 3. The molecule has 1 fully saturated rings. The number of benzene rings is 1. The molecule has 3 amide bonds. The molecule has 0 saturated carbocycles. The predicted octanol–water partition coefficient (Wildman–Crippen LogP) is 3.09. The quantitative estimate of drug-likeness (QED) is 0.470. The first-order chi connectivity index (χ1) is 19.1. The molecule has 0 aliphatic carbocycles. The SMILES string of the molecule is CN[C@@H](C)C(=O)N[C@H](C(=O)N1CCC[C@H]1CN(CCc1ccccc1)C(=O)C1C=C2C=CC=CN2C1)C(C)(C)C. The summed E-state index contributed by atoms with van der Waals surface area (Å²) in [6.07, 6.45) is 12.6. The third-order valence-electron chi connectivity index (χ3n) is 8.20. The summed E-state index contributed by atoms with van der Waals surface area (Å²) in [6.45, 7) is 10.1. The van der Waals surface area contributed by atoms with Crippen molar-refractivity contribution in [3.63, 3.8) is 0 Å². The van der Waals surface area contributed by atoms with Gasteiger partial charge in [-0.15, -0.1) is 0 Å². The maximum absolute atomic E-state index is 14.0. The maximum Gasteiger partial charge on any atom is 0.246 e.